The molecule has 27 heavy (non-hydrogen) atoms. The predicted octanol–water partition coefficient (Wildman–Crippen LogP) is -0.0202. The van der Waals surface area contributed by atoms with Crippen molar-refractivity contribution in [2.24, 2.45) is 4.99 Å². The highest BCUT2D eigenvalue weighted by Crippen LogP contribution is 2.02. The lowest BCUT2D eigenvalue weighted by atomic mass is 10.1. The molecule has 2 aromatic carbocycles. The lowest BCUT2D eigenvalue weighted by Crippen LogP contribution is -3.13. The van der Waals surface area contributed by atoms with Gasteiger partial charge < -0.3 is 15.0 Å². The zero-order chi connectivity index (χ0) is 19.5. The van der Waals surface area contributed by atoms with Crippen LogP contribution in [0.15, 0.2) is 65.7 Å². The van der Waals surface area contributed by atoms with Gasteiger partial charge in [0.1, 0.15) is 6.54 Å². The Kier molecular flexibility index (Phi) is 8.19. The maximum absolute atomic E-state index is 9.04. The van der Waals surface area contributed by atoms with Crippen LogP contribution in [0.4, 0.5) is 0 Å². The average Bonchev–Trinajstić information content (AvgIpc) is 3.11. The Balaban J connectivity index is 0.000000380. The largest absolute Gasteiger partial charge is 0.539 e. The van der Waals surface area contributed by atoms with Gasteiger partial charge in [0.25, 0.3) is 0 Å². The third kappa shape index (κ3) is 7.42. The second-order valence-corrected chi connectivity index (χ2v) is 6.28. The molecular weight excluding hydrogens is 344 g/mol. The molecule has 2 aromatic rings. The molecule has 1 aliphatic heterocycles. The van der Waals surface area contributed by atoms with E-state index in [9.17, 15) is 0 Å². The number of aliphatic carboxylic acids is 2. The van der Waals surface area contributed by atoms with E-state index in [4.69, 9.17) is 24.8 Å². The Morgan fingerprint density at radius 1 is 1.00 bits per heavy atom. The summed E-state index contributed by atoms with van der Waals surface area (Å²) in [6, 6.07) is 21.5. The highest BCUT2D eigenvalue weighted by molar-refractivity contribution is 6.26. The topological polar surface area (TPSA) is 94.2 Å². The zero-order valence-corrected chi connectivity index (χ0v) is 15.1. The highest BCUT2D eigenvalue weighted by Gasteiger charge is 2.22. The zero-order valence-electron chi connectivity index (χ0n) is 15.1. The molecule has 1 unspecified atom stereocenters. The second kappa shape index (κ2) is 10.9. The minimum absolute atomic E-state index is 0.989. The van der Waals surface area contributed by atoms with Gasteiger partial charge in [0.05, 0.1) is 19.5 Å². The van der Waals surface area contributed by atoms with E-state index in [1.54, 1.807) is 4.90 Å². The van der Waals surface area contributed by atoms with Gasteiger partial charge in [-0.15, -0.1) is 0 Å². The van der Waals surface area contributed by atoms with Crippen LogP contribution in [0.3, 0.4) is 0 Å². The van der Waals surface area contributed by atoms with Crippen LogP contribution in [0, 0.1) is 0 Å². The summed E-state index contributed by atoms with van der Waals surface area (Å²) in [6.45, 7) is 3.35. The van der Waals surface area contributed by atoms with Crippen molar-refractivity contribution in [3.8, 4) is 0 Å². The number of hydrogen-bond acceptors (Lipinski definition) is 4. The number of nitrogens with zero attached hydrogens (tertiary/aromatic N) is 1. The van der Waals surface area contributed by atoms with Crippen molar-refractivity contribution >= 4 is 17.8 Å². The molecule has 0 fully saturated rings. The molecule has 1 atom stereocenters. The summed E-state index contributed by atoms with van der Waals surface area (Å²) >= 11 is 0. The van der Waals surface area contributed by atoms with Crippen LogP contribution < -0.4 is 10.0 Å². The van der Waals surface area contributed by atoms with E-state index in [1.165, 1.54) is 36.3 Å². The second-order valence-electron chi connectivity index (χ2n) is 6.28. The molecule has 0 amide bonds. The summed E-state index contributed by atoms with van der Waals surface area (Å²) < 4.78 is 0. The number of benzene rings is 2. The van der Waals surface area contributed by atoms with Gasteiger partial charge in [-0.3, -0.25) is 4.90 Å². The van der Waals surface area contributed by atoms with Crippen LogP contribution in [0.5, 0.6) is 0 Å². The third-order valence-corrected chi connectivity index (χ3v) is 4.30. The summed E-state index contributed by atoms with van der Waals surface area (Å²) in [4.78, 5) is 24.3. The number of quaternary nitrogens is 1. The van der Waals surface area contributed by atoms with Crippen molar-refractivity contribution in [2.45, 2.75) is 19.3 Å². The highest BCUT2D eigenvalue weighted by atomic mass is 16.4. The minimum atomic E-state index is -2.07. The Hall–Kier alpha value is -2.99. The van der Waals surface area contributed by atoms with Crippen molar-refractivity contribution in [3.05, 3.63) is 71.8 Å². The Labute approximate surface area is 158 Å². The Bertz CT molecular complexity index is 748. The summed E-state index contributed by atoms with van der Waals surface area (Å²) in [5, 5.41) is 16.3. The molecule has 0 spiro atoms. The van der Waals surface area contributed by atoms with Gasteiger partial charge in [0.2, 0.25) is 5.84 Å². The minimum Gasteiger partial charge on any atom is -0.539 e. The monoisotopic (exact) mass is 368 g/mol. The normalized spacial score (nSPS) is 15.4. The number of carbonyl (C=O) groups excluding carboxylic acids is 1. The van der Waals surface area contributed by atoms with Gasteiger partial charge in [-0.1, -0.05) is 60.7 Å². The van der Waals surface area contributed by atoms with E-state index < -0.39 is 11.9 Å². The van der Waals surface area contributed by atoms with Gasteiger partial charge in [-0.2, -0.15) is 0 Å². The molecule has 0 bridgehead atoms. The van der Waals surface area contributed by atoms with Crippen molar-refractivity contribution < 1.29 is 24.7 Å². The molecule has 2 N–H and O–H groups in total. The smallest absolute Gasteiger partial charge is 0.351 e. The molecule has 142 valence electrons. The number of carboxylic acids is 2. The first-order valence-corrected chi connectivity index (χ1v) is 8.96. The fourth-order valence-corrected chi connectivity index (χ4v) is 2.97. The maximum atomic E-state index is 9.04. The van der Waals surface area contributed by atoms with Crippen molar-refractivity contribution in [1.82, 2.24) is 0 Å². The van der Waals surface area contributed by atoms with Gasteiger partial charge in [-0.05, 0) is 17.5 Å². The molecule has 0 aromatic heterocycles. The number of aliphatic imine (C=N–C) groups is 1. The molecule has 0 saturated carbocycles. The number of nitrogens with one attached hydrogen (secondary N) is 1. The van der Waals surface area contributed by atoms with E-state index in [2.05, 4.69) is 60.7 Å². The van der Waals surface area contributed by atoms with E-state index in [0.717, 1.165) is 19.5 Å². The number of hydrogen-bond donors (Lipinski definition) is 2. The Morgan fingerprint density at radius 2 is 1.56 bits per heavy atom. The van der Waals surface area contributed by atoms with Gasteiger partial charge >= 0.3 is 5.97 Å². The number of carboxylic acid groups (broad SMARTS) is 2. The SMILES string of the molecule is O=C([O-])C(=O)O.c1ccc(CCC[NH+]2CCN=C2Cc2ccccc2)cc1. The lowest BCUT2D eigenvalue weighted by Gasteiger charge is -2.14. The quantitative estimate of drug-likeness (QED) is 0.701. The average molecular weight is 368 g/mol. The van der Waals surface area contributed by atoms with Crippen molar-refractivity contribution in [1.29, 1.82) is 0 Å². The first-order chi connectivity index (χ1) is 13.1. The number of aryl methyl sites for hydroxylation is 1. The van der Waals surface area contributed by atoms with Crippen LogP contribution in [-0.4, -0.2) is 42.5 Å². The van der Waals surface area contributed by atoms with Gasteiger partial charge in [-0.25, -0.2) is 9.79 Å². The van der Waals surface area contributed by atoms with Gasteiger partial charge in [0.15, 0.2) is 5.97 Å². The Morgan fingerprint density at radius 3 is 2.11 bits per heavy atom. The van der Waals surface area contributed by atoms with Crippen LogP contribution in [0.1, 0.15) is 17.5 Å². The van der Waals surface area contributed by atoms with E-state index in [-0.39, 0.29) is 0 Å². The fourth-order valence-electron chi connectivity index (χ4n) is 2.97. The standard InChI is InChI=1S/C19H22N2.C2H2O4/c1-3-8-17(9-4-1)12-7-14-21-15-13-20-19(21)16-18-10-5-2-6-11-18;3-1(4)2(5)6/h1-6,8-11H,7,12-16H2;(H,3,4)(H,5,6). The number of carbonyl (C=O) groups is 2. The third-order valence-electron chi connectivity index (χ3n) is 4.30. The molecule has 0 saturated heterocycles. The van der Waals surface area contributed by atoms with Crippen molar-refractivity contribution in [3.63, 3.8) is 0 Å². The van der Waals surface area contributed by atoms with Crippen LogP contribution >= 0.6 is 0 Å². The molecule has 3 rings (SSSR count). The molecular formula is C21H24N2O4. The maximum Gasteiger partial charge on any atom is 0.351 e. The van der Waals surface area contributed by atoms with Crippen LogP contribution in [-0.2, 0) is 22.4 Å². The van der Waals surface area contributed by atoms with E-state index in [0.29, 0.717) is 0 Å². The number of amidine groups is 1. The summed E-state index contributed by atoms with van der Waals surface area (Å²) in [5.74, 6) is -2.67. The van der Waals surface area contributed by atoms with Gasteiger partial charge in [0, 0.05) is 6.42 Å². The first-order valence-electron chi connectivity index (χ1n) is 8.96. The van der Waals surface area contributed by atoms with Crippen LogP contribution in [0.2, 0.25) is 0 Å². The van der Waals surface area contributed by atoms with E-state index >= 15 is 0 Å². The fraction of sp³-hybridized carbons (Fsp3) is 0.286. The first kappa shape index (κ1) is 20.3. The molecule has 0 aliphatic carbocycles. The molecule has 0 radical (unpaired) electrons. The predicted molar refractivity (Wildman–Crippen MR) is 101 cm³/mol. The summed E-state index contributed by atoms with van der Waals surface area (Å²) in [5.41, 5.74) is 2.82. The molecule has 6 heteroatoms. The number of rotatable bonds is 6. The lowest BCUT2D eigenvalue weighted by molar-refractivity contribution is -0.799. The van der Waals surface area contributed by atoms with Crippen molar-refractivity contribution in [2.75, 3.05) is 19.6 Å². The van der Waals surface area contributed by atoms with Crippen LogP contribution in [0.25, 0.3) is 0 Å². The summed E-state index contributed by atoms with van der Waals surface area (Å²) in [7, 11) is 0. The molecule has 1 aliphatic rings. The van der Waals surface area contributed by atoms with E-state index in [1.807, 2.05) is 0 Å². The summed E-state index contributed by atoms with van der Waals surface area (Å²) in [6.07, 6.45) is 3.40. The molecule has 1 heterocycles. The molecule has 6 nitrogen and oxygen atoms in total.